The average molecular weight is 465 g/mol. The molecule has 1 aromatic carbocycles. The van der Waals surface area contributed by atoms with Crippen molar-refractivity contribution in [2.45, 2.75) is 22.9 Å². The third-order valence-corrected chi connectivity index (χ3v) is 5.14. The number of carbonyl (C=O) groups is 1. The molecule has 1 fully saturated rings. The van der Waals surface area contributed by atoms with Crippen LogP contribution in [0.5, 0.6) is 0 Å². The molecular weight excluding hydrogens is 445 g/mol. The normalized spacial score (nSPS) is 16.6. The summed E-state index contributed by atoms with van der Waals surface area (Å²) < 4.78 is 1.03. The summed E-state index contributed by atoms with van der Waals surface area (Å²) in [6.07, 6.45) is 0. The van der Waals surface area contributed by atoms with Crippen LogP contribution in [0.15, 0.2) is 56.9 Å². The van der Waals surface area contributed by atoms with E-state index in [-0.39, 0.29) is 36.8 Å². The highest BCUT2D eigenvalue weighted by atomic mass is 79.9. The number of hydrogen-bond acceptors (Lipinski definition) is 4. The van der Waals surface area contributed by atoms with E-state index >= 15 is 0 Å². The molecule has 1 amide bonds. The molecule has 2 heterocycles. The molecule has 1 atom stereocenters. The number of benzene rings is 1. The molecule has 0 radical (unpaired) electrons. The highest BCUT2D eigenvalue weighted by Gasteiger charge is 2.24. The van der Waals surface area contributed by atoms with E-state index in [0.717, 1.165) is 34.0 Å². The summed E-state index contributed by atoms with van der Waals surface area (Å²) in [5.74, 6) is 0.00990. The highest BCUT2D eigenvalue weighted by molar-refractivity contribution is 9.10. The number of nitrogens with zero attached hydrogens (tertiary/aromatic N) is 2. The Morgan fingerprint density at radius 3 is 2.76 bits per heavy atom. The number of amides is 1. The van der Waals surface area contributed by atoms with Gasteiger partial charge < -0.3 is 10.2 Å². The van der Waals surface area contributed by atoms with Gasteiger partial charge >= 0.3 is 0 Å². The summed E-state index contributed by atoms with van der Waals surface area (Å²) in [6.45, 7) is 4.45. The third kappa shape index (κ3) is 5.86. The second-order valence-electron chi connectivity index (χ2n) is 5.47. The minimum Gasteiger partial charge on any atom is -0.332 e. The number of carbonyl (C=O) groups excluding carboxylic acids is 1. The van der Waals surface area contributed by atoms with Crippen molar-refractivity contribution in [3.63, 3.8) is 0 Å². The maximum absolute atomic E-state index is 12.7. The molecule has 0 saturated carbocycles. The fraction of sp³-hybridized carbons (Fsp3) is 0.294. The maximum Gasteiger partial charge on any atom is 0.272 e. The van der Waals surface area contributed by atoms with E-state index in [9.17, 15) is 4.79 Å². The van der Waals surface area contributed by atoms with E-state index in [2.05, 4.69) is 33.2 Å². The van der Waals surface area contributed by atoms with Crippen molar-refractivity contribution in [2.24, 2.45) is 0 Å². The monoisotopic (exact) mass is 463 g/mol. The van der Waals surface area contributed by atoms with Crippen molar-refractivity contribution in [1.82, 2.24) is 15.2 Å². The largest absolute Gasteiger partial charge is 0.332 e. The second kappa shape index (κ2) is 10.4. The number of pyridine rings is 1. The lowest BCUT2D eigenvalue weighted by Gasteiger charge is -2.33. The van der Waals surface area contributed by atoms with Gasteiger partial charge in [-0.2, -0.15) is 0 Å². The molecule has 4 nitrogen and oxygen atoms in total. The number of halogens is 3. The first kappa shape index (κ1) is 22.3. The van der Waals surface area contributed by atoms with Crippen LogP contribution in [-0.4, -0.2) is 41.5 Å². The maximum atomic E-state index is 12.7. The van der Waals surface area contributed by atoms with Crippen LogP contribution in [-0.2, 0) is 0 Å². The third-order valence-electron chi connectivity index (χ3n) is 3.72. The van der Waals surface area contributed by atoms with Crippen molar-refractivity contribution >= 4 is 58.4 Å². The van der Waals surface area contributed by atoms with Crippen LogP contribution in [0, 0.1) is 0 Å². The Balaban J connectivity index is 0.00000156. The number of nitrogens with one attached hydrogen (secondary N) is 1. The van der Waals surface area contributed by atoms with Crippen LogP contribution in [0.4, 0.5) is 0 Å². The van der Waals surface area contributed by atoms with Gasteiger partial charge in [-0.15, -0.1) is 24.8 Å². The van der Waals surface area contributed by atoms with Crippen LogP contribution in [0.2, 0.25) is 0 Å². The van der Waals surface area contributed by atoms with Gasteiger partial charge in [-0.25, -0.2) is 4.98 Å². The summed E-state index contributed by atoms with van der Waals surface area (Å²) >= 11 is 5.03. The van der Waals surface area contributed by atoms with Crippen molar-refractivity contribution in [2.75, 3.05) is 19.6 Å². The zero-order valence-electron chi connectivity index (χ0n) is 13.6. The zero-order valence-corrected chi connectivity index (χ0v) is 17.7. The van der Waals surface area contributed by atoms with E-state index < -0.39 is 0 Å². The fourth-order valence-corrected chi connectivity index (χ4v) is 3.95. The van der Waals surface area contributed by atoms with Crippen LogP contribution in [0.25, 0.3) is 0 Å². The van der Waals surface area contributed by atoms with Crippen molar-refractivity contribution in [3.8, 4) is 0 Å². The van der Waals surface area contributed by atoms with Gasteiger partial charge in [0.2, 0.25) is 0 Å². The molecular formula is C17H20BrCl2N3OS. The first-order valence-corrected chi connectivity index (χ1v) is 9.16. The first-order valence-electron chi connectivity index (χ1n) is 7.55. The Morgan fingerprint density at radius 1 is 1.28 bits per heavy atom. The number of hydrogen-bond donors (Lipinski definition) is 1. The van der Waals surface area contributed by atoms with E-state index in [1.165, 1.54) is 0 Å². The van der Waals surface area contributed by atoms with Gasteiger partial charge in [0.05, 0.1) is 0 Å². The molecule has 1 aromatic heterocycles. The summed E-state index contributed by atoms with van der Waals surface area (Å²) in [5, 5.41) is 4.13. The fourth-order valence-electron chi connectivity index (χ4n) is 2.53. The number of piperazine rings is 1. The van der Waals surface area contributed by atoms with Gasteiger partial charge in [0.25, 0.3) is 5.91 Å². The lowest BCUT2D eigenvalue weighted by atomic mass is 10.2. The Morgan fingerprint density at radius 2 is 2.04 bits per heavy atom. The van der Waals surface area contributed by atoms with Crippen molar-refractivity contribution in [1.29, 1.82) is 0 Å². The van der Waals surface area contributed by atoms with E-state index in [1.807, 2.05) is 41.3 Å². The molecule has 1 saturated heterocycles. The Kier molecular flexibility index (Phi) is 9.24. The molecule has 1 aliphatic rings. The molecule has 25 heavy (non-hydrogen) atoms. The minimum absolute atomic E-state index is 0. The Hall–Kier alpha value is -0.790. The molecule has 0 bridgehead atoms. The SMILES string of the molecule is C[C@H]1CNCCN1C(=O)c1cccc(Sc2cccc(Br)c2)n1.Cl.Cl. The predicted octanol–water partition coefficient (Wildman–Crippen LogP) is 4.27. The predicted molar refractivity (Wildman–Crippen MR) is 110 cm³/mol. The van der Waals surface area contributed by atoms with Gasteiger partial charge in [0.1, 0.15) is 10.7 Å². The lowest BCUT2D eigenvalue weighted by molar-refractivity contribution is 0.0649. The van der Waals surface area contributed by atoms with E-state index in [0.29, 0.717) is 5.69 Å². The van der Waals surface area contributed by atoms with Gasteiger partial charge in [0.15, 0.2) is 0 Å². The lowest BCUT2D eigenvalue weighted by Crippen LogP contribution is -2.52. The van der Waals surface area contributed by atoms with Crippen LogP contribution in [0.3, 0.4) is 0 Å². The Bertz CT molecular complexity index is 720. The topological polar surface area (TPSA) is 45.2 Å². The number of rotatable bonds is 3. The van der Waals surface area contributed by atoms with Gasteiger partial charge in [0, 0.05) is 35.0 Å². The molecule has 3 rings (SSSR count). The molecule has 2 aromatic rings. The minimum atomic E-state index is 0. The van der Waals surface area contributed by atoms with Crippen LogP contribution >= 0.6 is 52.5 Å². The van der Waals surface area contributed by atoms with Gasteiger partial charge in [-0.1, -0.05) is 39.8 Å². The summed E-state index contributed by atoms with van der Waals surface area (Å²) in [6, 6.07) is 13.9. The van der Waals surface area contributed by atoms with Crippen molar-refractivity contribution < 1.29 is 4.79 Å². The van der Waals surface area contributed by atoms with Gasteiger partial charge in [-0.05, 0) is 37.3 Å². The molecule has 136 valence electrons. The van der Waals surface area contributed by atoms with Gasteiger partial charge in [-0.3, -0.25) is 4.79 Å². The van der Waals surface area contributed by atoms with Crippen molar-refractivity contribution in [3.05, 3.63) is 52.6 Å². The summed E-state index contributed by atoms with van der Waals surface area (Å²) in [5.41, 5.74) is 0.513. The molecule has 0 aliphatic carbocycles. The van der Waals surface area contributed by atoms with Crippen LogP contribution < -0.4 is 5.32 Å². The number of aromatic nitrogens is 1. The molecule has 1 N–H and O–H groups in total. The molecule has 0 unspecified atom stereocenters. The van der Waals surface area contributed by atoms with E-state index in [1.54, 1.807) is 17.8 Å². The highest BCUT2D eigenvalue weighted by Crippen LogP contribution is 2.28. The smallest absolute Gasteiger partial charge is 0.272 e. The Labute approximate surface area is 173 Å². The van der Waals surface area contributed by atoms with Crippen LogP contribution in [0.1, 0.15) is 17.4 Å². The quantitative estimate of drug-likeness (QED) is 0.736. The molecule has 0 spiro atoms. The zero-order chi connectivity index (χ0) is 16.2. The first-order chi connectivity index (χ1) is 11.1. The average Bonchev–Trinajstić information content (AvgIpc) is 2.55. The summed E-state index contributed by atoms with van der Waals surface area (Å²) in [7, 11) is 0. The van der Waals surface area contributed by atoms with E-state index in [4.69, 9.17) is 0 Å². The summed E-state index contributed by atoms with van der Waals surface area (Å²) in [4.78, 5) is 20.2. The standard InChI is InChI=1S/C17H18BrN3OS.2ClH/c1-12-11-19-8-9-21(12)17(22)15-6-3-7-16(20-15)23-14-5-2-4-13(18)10-14;;/h2-7,10,12,19H,8-9,11H2,1H3;2*1H/t12-;;/m0../s1. The second-order valence-corrected chi connectivity index (χ2v) is 7.48. The molecule has 8 heteroatoms. The molecule has 1 aliphatic heterocycles.